The van der Waals surface area contributed by atoms with E-state index in [0.717, 1.165) is 5.56 Å². The Morgan fingerprint density at radius 3 is 2.41 bits per heavy atom. The minimum absolute atomic E-state index is 0.0396. The average Bonchev–Trinajstić information content (AvgIpc) is 2.47. The molecule has 0 spiro atoms. The number of hydrogen-bond donors (Lipinski definition) is 3. The predicted octanol–water partition coefficient (Wildman–Crippen LogP) is -0.610. The molecule has 9 heteroatoms. The van der Waals surface area contributed by atoms with Gasteiger partial charge in [0.25, 0.3) is 11.5 Å². The van der Waals surface area contributed by atoms with Crippen LogP contribution in [0.15, 0.2) is 46.1 Å². The molecule has 8 nitrogen and oxygen atoms in total. The number of nitrogens with two attached hydrogens (primary N) is 1. The fraction of sp³-hybridized carbons (Fsp3) is 0.154. The summed E-state index contributed by atoms with van der Waals surface area (Å²) in [7, 11) is -3.70. The third kappa shape index (κ3) is 4.24. The van der Waals surface area contributed by atoms with Crippen LogP contribution in [0.5, 0.6) is 0 Å². The van der Waals surface area contributed by atoms with Gasteiger partial charge in [-0.3, -0.25) is 9.59 Å². The Kier molecular flexibility index (Phi) is 4.68. The molecule has 0 saturated heterocycles. The van der Waals surface area contributed by atoms with Crippen LogP contribution in [0, 0.1) is 0 Å². The number of H-pyrrole nitrogens is 1. The quantitative estimate of drug-likeness (QED) is 0.675. The van der Waals surface area contributed by atoms with E-state index in [1.165, 1.54) is 24.3 Å². The molecule has 0 aliphatic heterocycles. The maximum absolute atomic E-state index is 11.7. The summed E-state index contributed by atoms with van der Waals surface area (Å²) in [6, 6.07) is 8.63. The summed E-state index contributed by atoms with van der Waals surface area (Å²) < 4.78 is 22.2. The lowest BCUT2D eigenvalue weighted by atomic mass is 10.1. The van der Waals surface area contributed by atoms with Crippen LogP contribution in [-0.2, 0) is 16.4 Å². The van der Waals surface area contributed by atoms with Gasteiger partial charge in [0.05, 0.1) is 4.90 Å². The Morgan fingerprint density at radius 1 is 1.18 bits per heavy atom. The fourth-order valence-corrected chi connectivity index (χ4v) is 2.24. The van der Waals surface area contributed by atoms with Crippen molar-refractivity contribution in [2.45, 2.75) is 11.3 Å². The molecule has 0 aliphatic carbocycles. The number of hydrogen-bond acceptors (Lipinski definition) is 5. The minimum Gasteiger partial charge on any atom is -0.350 e. The number of benzene rings is 1. The molecule has 0 aliphatic rings. The van der Waals surface area contributed by atoms with Gasteiger partial charge >= 0.3 is 0 Å². The summed E-state index contributed by atoms with van der Waals surface area (Å²) >= 11 is 0. The largest absolute Gasteiger partial charge is 0.350 e. The first-order chi connectivity index (χ1) is 10.4. The normalized spacial score (nSPS) is 11.1. The molecule has 1 heterocycles. The maximum Gasteiger partial charge on any atom is 0.271 e. The van der Waals surface area contributed by atoms with Gasteiger partial charge in [0.2, 0.25) is 10.0 Å². The van der Waals surface area contributed by atoms with Crippen molar-refractivity contribution in [1.29, 1.82) is 0 Å². The number of carbonyl (C=O) groups is 1. The van der Waals surface area contributed by atoms with Crippen LogP contribution in [0.4, 0.5) is 0 Å². The van der Waals surface area contributed by atoms with Gasteiger partial charge in [-0.25, -0.2) is 18.7 Å². The van der Waals surface area contributed by atoms with E-state index in [0.29, 0.717) is 13.0 Å². The van der Waals surface area contributed by atoms with Crippen molar-refractivity contribution in [3.63, 3.8) is 0 Å². The number of aromatic nitrogens is 2. The van der Waals surface area contributed by atoms with Gasteiger partial charge < -0.3 is 5.32 Å². The molecule has 1 aromatic carbocycles. The van der Waals surface area contributed by atoms with Crippen molar-refractivity contribution in [2.75, 3.05) is 6.54 Å². The topological polar surface area (TPSA) is 135 Å². The smallest absolute Gasteiger partial charge is 0.271 e. The highest BCUT2D eigenvalue weighted by Gasteiger charge is 2.08. The van der Waals surface area contributed by atoms with Gasteiger partial charge in [-0.1, -0.05) is 12.1 Å². The van der Waals surface area contributed by atoms with E-state index in [1.807, 2.05) is 0 Å². The first kappa shape index (κ1) is 15.9. The Balaban J connectivity index is 1.89. The van der Waals surface area contributed by atoms with Crippen LogP contribution in [0.25, 0.3) is 0 Å². The second kappa shape index (κ2) is 6.50. The van der Waals surface area contributed by atoms with Gasteiger partial charge in [-0.05, 0) is 30.2 Å². The number of aromatic amines is 1. The van der Waals surface area contributed by atoms with Gasteiger partial charge in [0, 0.05) is 12.6 Å². The zero-order valence-electron chi connectivity index (χ0n) is 11.4. The summed E-state index contributed by atoms with van der Waals surface area (Å²) in [5.41, 5.74) is 0.581. The summed E-state index contributed by atoms with van der Waals surface area (Å²) in [6.07, 6.45) is 0.514. The molecule has 0 saturated carbocycles. The van der Waals surface area contributed by atoms with E-state index in [2.05, 4.69) is 15.5 Å². The molecular formula is C13H14N4O4S. The molecule has 1 aromatic heterocycles. The van der Waals surface area contributed by atoms with Crippen LogP contribution >= 0.6 is 0 Å². The molecular weight excluding hydrogens is 308 g/mol. The van der Waals surface area contributed by atoms with Crippen LogP contribution in [0.1, 0.15) is 16.1 Å². The highest BCUT2D eigenvalue weighted by Crippen LogP contribution is 2.08. The van der Waals surface area contributed by atoms with Crippen molar-refractivity contribution in [3.05, 3.63) is 58.0 Å². The summed E-state index contributed by atoms with van der Waals surface area (Å²) in [4.78, 5) is 22.6. The molecule has 0 atom stereocenters. The molecule has 0 bridgehead atoms. The Morgan fingerprint density at radius 2 is 1.86 bits per heavy atom. The van der Waals surface area contributed by atoms with E-state index in [1.54, 1.807) is 12.1 Å². The fourth-order valence-electron chi connectivity index (χ4n) is 1.73. The lowest BCUT2D eigenvalue weighted by molar-refractivity contribution is 0.0948. The first-order valence-electron chi connectivity index (χ1n) is 6.32. The number of carbonyl (C=O) groups excluding carboxylic acids is 1. The summed E-state index contributed by atoms with van der Waals surface area (Å²) in [6.45, 7) is 0.342. The maximum atomic E-state index is 11.7. The third-order valence-electron chi connectivity index (χ3n) is 2.86. The molecule has 2 aromatic rings. The summed E-state index contributed by atoms with van der Waals surface area (Å²) in [5.74, 6) is -0.405. The number of primary sulfonamides is 1. The van der Waals surface area contributed by atoms with Gasteiger partial charge in [-0.15, -0.1) is 0 Å². The molecule has 0 radical (unpaired) electrons. The highest BCUT2D eigenvalue weighted by molar-refractivity contribution is 7.89. The van der Waals surface area contributed by atoms with Crippen LogP contribution in [0.2, 0.25) is 0 Å². The first-order valence-corrected chi connectivity index (χ1v) is 7.86. The lowest BCUT2D eigenvalue weighted by Crippen LogP contribution is -2.27. The average molecular weight is 322 g/mol. The van der Waals surface area contributed by atoms with E-state index in [4.69, 9.17) is 5.14 Å². The predicted molar refractivity (Wildman–Crippen MR) is 78.7 cm³/mol. The number of nitrogens with one attached hydrogen (secondary N) is 2. The van der Waals surface area contributed by atoms with E-state index >= 15 is 0 Å². The molecule has 22 heavy (non-hydrogen) atoms. The Bertz CT molecular complexity index is 807. The number of amides is 1. The molecule has 116 valence electrons. The second-order valence-electron chi connectivity index (χ2n) is 4.50. The van der Waals surface area contributed by atoms with Crippen molar-refractivity contribution in [3.8, 4) is 0 Å². The van der Waals surface area contributed by atoms with E-state index in [9.17, 15) is 18.0 Å². The number of nitrogens with zero attached hydrogens (tertiary/aromatic N) is 1. The summed E-state index contributed by atoms with van der Waals surface area (Å²) in [5, 5.41) is 13.4. The zero-order chi connectivity index (χ0) is 16.2. The Hall–Kier alpha value is -2.52. The monoisotopic (exact) mass is 322 g/mol. The van der Waals surface area contributed by atoms with Gasteiger partial charge in [0.15, 0.2) is 0 Å². The lowest BCUT2D eigenvalue weighted by Gasteiger charge is -2.05. The molecule has 1 amide bonds. The van der Waals surface area contributed by atoms with E-state index < -0.39 is 15.9 Å². The third-order valence-corrected chi connectivity index (χ3v) is 3.79. The number of rotatable bonds is 5. The highest BCUT2D eigenvalue weighted by atomic mass is 32.2. The standard InChI is InChI=1S/C13H14N4O4S/c14-22(20,21)10-3-1-9(2-4-10)7-8-15-13(19)11-5-6-12(18)17-16-11/h1-6H,7-8H2,(H,15,19)(H,17,18)(H2,14,20,21). The van der Waals surface area contributed by atoms with Gasteiger partial charge in [-0.2, -0.15) is 5.10 Å². The number of sulfonamides is 1. The molecule has 4 N–H and O–H groups in total. The molecule has 0 fully saturated rings. The SMILES string of the molecule is NS(=O)(=O)c1ccc(CCNC(=O)c2ccc(=O)[nH]n2)cc1. The van der Waals surface area contributed by atoms with Crippen LogP contribution in [-0.4, -0.2) is 31.1 Å². The van der Waals surface area contributed by atoms with Gasteiger partial charge in [0.1, 0.15) is 5.69 Å². The van der Waals surface area contributed by atoms with Crippen molar-refractivity contribution in [2.24, 2.45) is 5.14 Å². The minimum atomic E-state index is -3.70. The van der Waals surface area contributed by atoms with Crippen molar-refractivity contribution in [1.82, 2.24) is 15.5 Å². The molecule has 0 unspecified atom stereocenters. The van der Waals surface area contributed by atoms with Crippen molar-refractivity contribution >= 4 is 15.9 Å². The van der Waals surface area contributed by atoms with Crippen molar-refractivity contribution < 1.29 is 13.2 Å². The molecule has 2 rings (SSSR count). The second-order valence-corrected chi connectivity index (χ2v) is 6.06. The van der Waals surface area contributed by atoms with E-state index in [-0.39, 0.29) is 16.1 Å². The van der Waals surface area contributed by atoms with Crippen LogP contribution < -0.4 is 16.0 Å². The zero-order valence-corrected chi connectivity index (χ0v) is 12.3. The Labute approximate surface area is 126 Å². The van der Waals surface area contributed by atoms with Crippen LogP contribution in [0.3, 0.4) is 0 Å².